The molecule has 0 atom stereocenters. The maximum Gasteiger partial charge on any atom is 0.261 e. The number of para-hydroxylation sites is 1. The van der Waals surface area contributed by atoms with Crippen molar-refractivity contribution in [3.63, 3.8) is 0 Å². The van der Waals surface area contributed by atoms with Gasteiger partial charge in [0.1, 0.15) is 0 Å². The average Bonchev–Trinajstić information content (AvgIpc) is 2.54. The van der Waals surface area contributed by atoms with E-state index in [-0.39, 0.29) is 10.5 Å². The van der Waals surface area contributed by atoms with Crippen molar-refractivity contribution in [1.82, 2.24) is 0 Å². The zero-order chi connectivity index (χ0) is 16.9. The molecule has 2 aromatic carbocycles. The zero-order valence-electron chi connectivity index (χ0n) is 12.2. The highest BCUT2D eigenvalue weighted by Crippen LogP contribution is 2.28. The summed E-state index contributed by atoms with van der Waals surface area (Å²) in [5.41, 5.74) is 5.90. The minimum absolute atomic E-state index is 0.0611. The van der Waals surface area contributed by atoms with Crippen molar-refractivity contribution in [2.75, 3.05) is 10.5 Å². The number of hydrogen-bond donors (Lipinski definition) is 2. The summed E-state index contributed by atoms with van der Waals surface area (Å²) in [6.07, 6.45) is 1.75. The molecular formula is C16H16N2O3S2. The van der Waals surface area contributed by atoms with E-state index in [0.29, 0.717) is 11.4 Å². The predicted molar refractivity (Wildman–Crippen MR) is 93.1 cm³/mol. The lowest BCUT2D eigenvalue weighted by molar-refractivity contribution is 0.1000. The van der Waals surface area contributed by atoms with Crippen molar-refractivity contribution in [2.45, 2.75) is 9.79 Å². The lowest BCUT2D eigenvalue weighted by atomic mass is 10.2. The van der Waals surface area contributed by atoms with Crippen molar-refractivity contribution >= 4 is 33.4 Å². The smallest absolute Gasteiger partial charge is 0.261 e. The summed E-state index contributed by atoms with van der Waals surface area (Å²) in [7, 11) is -3.74. The first-order valence-corrected chi connectivity index (χ1v) is 9.16. The summed E-state index contributed by atoms with van der Waals surface area (Å²) in [5, 5.41) is 0. The highest BCUT2D eigenvalue weighted by atomic mass is 32.2. The van der Waals surface area contributed by atoms with Crippen molar-refractivity contribution in [3.05, 3.63) is 66.7 Å². The molecule has 0 saturated heterocycles. The predicted octanol–water partition coefficient (Wildman–Crippen LogP) is 2.86. The van der Waals surface area contributed by atoms with Gasteiger partial charge in [0.15, 0.2) is 0 Å². The first-order chi connectivity index (χ1) is 10.9. The monoisotopic (exact) mass is 348 g/mol. The topological polar surface area (TPSA) is 89.3 Å². The molecule has 2 rings (SSSR count). The molecule has 0 aliphatic heterocycles. The van der Waals surface area contributed by atoms with Crippen LogP contribution < -0.4 is 10.5 Å². The largest absolute Gasteiger partial charge is 0.366 e. The van der Waals surface area contributed by atoms with Gasteiger partial charge in [-0.1, -0.05) is 18.2 Å². The molecule has 0 unspecified atom stereocenters. The molecule has 120 valence electrons. The van der Waals surface area contributed by atoms with Crippen molar-refractivity contribution in [1.29, 1.82) is 0 Å². The number of rotatable bonds is 7. The van der Waals surface area contributed by atoms with Crippen LogP contribution >= 0.6 is 11.8 Å². The van der Waals surface area contributed by atoms with Crippen LogP contribution in [0.4, 0.5) is 5.69 Å². The fourth-order valence-corrected chi connectivity index (χ4v) is 3.72. The maximum absolute atomic E-state index is 12.5. The number of amides is 1. The number of anilines is 1. The third kappa shape index (κ3) is 4.37. The molecule has 0 aliphatic rings. The van der Waals surface area contributed by atoms with Gasteiger partial charge in [-0.05, 0) is 36.4 Å². The third-order valence-electron chi connectivity index (χ3n) is 2.94. The van der Waals surface area contributed by atoms with Crippen molar-refractivity contribution < 1.29 is 13.2 Å². The van der Waals surface area contributed by atoms with Gasteiger partial charge in [-0.15, -0.1) is 18.3 Å². The first kappa shape index (κ1) is 17.1. The Labute approximate surface area is 139 Å². The van der Waals surface area contributed by atoms with Gasteiger partial charge in [-0.2, -0.15) is 0 Å². The van der Waals surface area contributed by atoms with Crippen LogP contribution in [0.5, 0.6) is 0 Å². The number of sulfonamides is 1. The zero-order valence-corrected chi connectivity index (χ0v) is 13.9. The fraction of sp³-hybridized carbons (Fsp3) is 0.0625. The third-order valence-corrected chi connectivity index (χ3v) is 5.39. The Morgan fingerprint density at radius 1 is 1.17 bits per heavy atom. The first-order valence-electron chi connectivity index (χ1n) is 6.69. The summed E-state index contributed by atoms with van der Waals surface area (Å²) in [6.45, 7) is 3.65. The van der Waals surface area contributed by atoms with E-state index in [1.807, 2.05) is 12.1 Å². The van der Waals surface area contributed by atoms with Crippen molar-refractivity contribution in [2.24, 2.45) is 5.73 Å². The fourth-order valence-electron chi connectivity index (χ4n) is 1.83. The number of carbonyl (C=O) groups is 1. The number of primary amides is 1. The Balaban J connectivity index is 2.27. The summed E-state index contributed by atoms with van der Waals surface area (Å²) in [6, 6.07) is 12.6. The van der Waals surface area contributed by atoms with E-state index in [2.05, 4.69) is 11.3 Å². The maximum atomic E-state index is 12.5. The van der Waals surface area contributed by atoms with E-state index in [1.165, 1.54) is 36.0 Å². The van der Waals surface area contributed by atoms with E-state index < -0.39 is 15.9 Å². The van der Waals surface area contributed by atoms with Crippen LogP contribution in [0.1, 0.15) is 10.4 Å². The van der Waals surface area contributed by atoms with Gasteiger partial charge in [0.05, 0.1) is 10.6 Å². The van der Waals surface area contributed by atoms with Crippen LogP contribution in [-0.2, 0) is 10.0 Å². The molecule has 0 aliphatic carbocycles. The van der Waals surface area contributed by atoms with Gasteiger partial charge < -0.3 is 5.73 Å². The highest BCUT2D eigenvalue weighted by molar-refractivity contribution is 7.99. The number of nitrogens with one attached hydrogen (secondary N) is 1. The van der Waals surface area contributed by atoms with E-state index in [1.54, 1.807) is 18.2 Å². The molecule has 23 heavy (non-hydrogen) atoms. The van der Waals surface area contributed by atoms with Crippen LogP contribution in [0.2, 0.25) is 0 Å². The van der Waals surface area contributed by atoms with E-state index >= 15 is 0 Å². The Morgan fingerprint density at radius 3 is 2.43 bits per heavy atom. The molecule has 0 fully saturated rings. The molecular weight excluding hydrogens is 332 g/mol. The van der Waals surface area contributed by atoms with Crippen LogP contribution in [0.3, 0.4) is 0 Å². The molecule has 3 N–H and O–H groups in total. The summed E-state index contributed by atoms with van der Waals surface area (Å²) in [5.74, 6) is 0.0690. The van der Waals surface area contributed by atoms with Gasteiger partial charge >= 0.3 is 0 Å². The van der Waals surface area contributed by atoms with Gasteiger partial charge in [-0.25, -0.2) is 8.42 Å². The second-order valence-corrected chi connectivity index (χ2v) is 7.33. The summed E-state index contributed by atoms with van der Waals surface area (Å²) in [4.78, 5) is 11.9. The molecule has 0 heterocycles. The standard InChI is InChI=1S/C16H16N2O3S2/c1-2-11-22-15-6-4-3-5-14(15)18-23(20,21)13-9-7-12(8-10-13)16(17)19/h2-10,18H,1,11H2,(H2,17,19). The Hall–Kier alpha value is -2.25. The Kier molecular flexibility index (Phi) is 5.46. The average molecular weight is 348 g/mol. The van der Waals surface area contributed by atoms with Crippen molar-refractivity contribution in [3.8, 4) is 0 Å². The summed E-state index contributed by atoms with van der Waals surface area (Å²) < 4.78 is 27.5. The van der Waals surface area contributed by atoms with Gasteiger partial charge in [0.2, 0.25) is 5.91 Å². The number of benzene rings is 2. The van der Waals surface area contributed by atoms with E-state index in [0.717, 1.165) is 4.90 Å². The minimum Gasteiger partial charge on any atom is -0.366 e. The molecule has 2 aromatic rings. The molecule has 7 heteroatoms. The molecule has 0 bridgehead atoms. The van der Waals surface area contributed by atoms with Crippen LogP contribution in [-0.4, -0.2) is 20.1 Å². The highest BCUT2D eigenvalue weighted by Gasteiger charge is 2.16. The van der Waals surface area contributed by atoms with Crippen LogP contribution in [0.15, 0.2) is 71.0 Å². The van der Waals surface area contributed by atoms with Gasteiger partial charge in [0, 0.05) is 16.2 Å². The second kappa shape index (κ2) is 7.34. The molecule has 0 saturated carbocycles. The number of hydrogen-bond acceptors (Lipinski definition) is 4. The molecule has 0 aromatic heterocycles. The number of thioether (sulfide) groups is 1. The normalized spacial score (nSPS) is 11.0. The summed E-state index contributed by atoms with van der Waals surface area (Å²) >= 11 is 1.48. The van der Waals surface area contributed by atoms with E-state index in [9.17, 15) is 13.2 Å². The molecule has 5 nitrogen and oxygen atoms in total. The minimum atomic E-state index is -3.74. The molecule has 1 amide bonds. The quantitative estimate of drug-likeness (QED) is 0.595. The van der Waals surface area contributed by atoms with Crippen LogP contribution in [0, 0.1) is 0 Å². The number of carbonyl (C=O) groups excluding carboxylic acids is 1. The SMILES string of the molecule is C=CCSc1ccccc1NS(=O)(=O)c1ccc(C(N)=O)cc1. The van der Waals surface area contributed by atoms with Crippen LogP contribution in [0.25, 0.3) is 0 Å². The second-order valence-electron chi connectivity index (χ2n) is 4.59. The Morgan fingerprint density at radius 2 is 1.83 bits per heavy atom. The van der Waals surface area contributed by atoms with Gasteiger partial charge in [0.25, 0.3) is 10.0 Å². The molecule has 0 spiro atoms. The lowest BCUT2D eigenvalue weighted by Gasteiger charge is -2.12. The molecule has 0 radical (unpaired) electrons. The van der Waals surface area contributed by atoms with Gasteiger partial charge in [-0.3, -0.25) is 9.52 Å². The number of nitrogens with two attached hydrogens (primary N) is 1. The lowest BCUT2D eigenvalue weighted by Crippen LogP contribution is -2.15. The Bertz CT molecular complexity index is 815. The van der Waals surface area contributed by atoms with E-state index in [4.69, 9.17) is 5.73 Å².